The van der Waals surface area contributed by atoms with Crippen molar-refractivity contribution in [1.82, 2.24) is 5.32 Å². The molecule has 0 aromatic carbocycles. The van der Waals surface area contributed by atoms with Crippen molar-refractivity contribution in [2.75, 3.05) is 26.4 Å². The summed E-state index contributed by atoms with van der Waals surface area (Å²) in [4.78, 5) is 0. The van der Waals surface area contributed by atoms with Gasteiger partial charge in [-0.05, 0) is 59.4 Å². The lowest BCUT2D eigenvalue weighted by Gasteiger charge is -2.30. The van der Waals surface area contributed by atoms with Crippen molar-refractivity contribution in [3.8, 4) is 0 Å². The Hall–Kier alpha value is 0.0569. The van der Waals surface area contributed by atoms with Crippen molar-refractivity contribution in [2.45, 2.75) is 98.6 Å². The molecule has 0 saturated carbocycles. The summed E-state index contributed by atoms with van der Waals surface area (Å²) in [6.45, 7) is 16.1. The zero-order chi connectivity index (χ0) is 19.0. The highest BCUT2D eigenvalue weighted by molar-refractivity contribution is 6.60. The Morgan fingerprint density at radius 2 is 1.44 bits per heavy atom. The molecule has 0 aliphatic heterocycles. The van der Waals surface area contributed by atoms with E-state index in [1.165, 1.54) is 38.5 Å². The maximum atomic E-state index is 5.99. The highest BCUT2D eigenvalue weighted by atomic mass is 28.4. The molecule has 0 fully saturated rings. The molecule has 0 aliphatic rings. The van der Waals surface area contributed by atoms with Crippen molar-refractivity contribution in [2.24, 2.45) is 5.92 Å². The number of rotatable bonds is 18. The van der Waals surface area contributed by atoms with Gasteiger partial charge in [0.25, 0.3) is 0 Å². The van der Waals surface area contributed by atoms with Crippen molar-refractivity contribution >= 4 is 8.80 Å². The molecular formula is C20H45NO3Si. The molecule has 0 aliphatic carbocycles. The Morgan fingerprint density at radius 3 is 1.92 bits per heavy atom. The van der Waals surface area contributed by atoms with Gasteiger partial charge in [0.05, 0.1) is 0 Å². The lowest BCUT2D eigenvalue weighted by atomic mass is 9.95. The molecule has 0 aromatic rings. The smallest absolute Gasteiger partial charge is 0.374 e. The molecule has 0 heterocycles. The van der Waals surface area contributed by atoms with Crippen molar-refractivity contribution in [3.63, 3.8) is 0 Å². The first-order valence-electron chi connectivity index (χ1n) is 10.7. The molecule has 0 bridgehead atoms. The Balaban J connectivity index is 4.34. The molecule has 2 unspecified atom stereocenters. The maximum Gasteiger partial charge on any atom is 0.500 e. The predicted molar refractivity (Wildman–Crippen MR) is 110 cm³/mol. The average Bonchev–Trinajstić information content (AvgIpc) is 2.59. The van der Waals surface area contributed by atoms with Gasteiger partial charge in [-0.2, -0.15) is 0 Å². The molecule has 25 heavy (non-hydrogen) atoms. The molecule has 1 N–H and O–H groups in total. The van der Waals surface area contributed by atoms with E-state index < -0.39 is 8.80 Å². The third-order valence-electron chi connectivity index (χ3n) is 4.74. The topological polar surface area (TPSA) is 39.7 Å². The second-order valence-corrected chi connectivity index (χ2v) is 9.68. The van der Waals surface area contributed by atoms with Crippen LogP contribution in [0.25, 0.3) is 0 Å². The number of hydrogen-bond donors (Lipinski definition) is 1. The molecule has 0 rings (SSSR count). The van der Waals surface area contributed by atoms with Crippen LogP contribution in [0.15, 0.2) is 0 Å². The lowest BCUT2D eigenvalue weighted by Crippen LogP contribution is -2.46. The molecule has 152 valence electrons. The average molecular weight is 376 g/mol. The first-order valence-corrected chi connectivity index (χ1v) is 12.7. The first-order chi connectivity index (χ1) is 12.1. The molecule has 5 heteroatoms. The van der Waals surface area contributed by atoms with E-state index in [2.05, 4.69) is 26.1 Å². The summed E-state index contributed by atoms with van der Waals surface area (Å²) in [5, 5.41) is 3.70. The summed E-state index contributed by atoms with van der Waals surface area (Å²) in [6.07, 6.45) is 8.86. The van der Waals surface area contributed by atoms with Gasteiger partial charge in [0.15, 0.2) is 0 Å². The molecule has 0 amide bonds. The van der Waals surface area contributed by atoms with Crippen molar-refractivity contribution < 1.29 is 13.3 Å². The monoisotopic (exact) mass is 375 g/mol. The highest BCUT2D eigenvalue weighted by Gasteiger charge is 2.40. The first kappa shape index (κ1) is 25.1. The second kappa shape index (κ2) is 16.2. The standard InChI is InChI=1S/C20H45NO3Si/c1-7-12-13-14-16-21-19(6)18-20(8-2)15-17-25(22-9-3,23-10-4)24-11-5/h19-21H,7-18H2,1-6H3. The van der Waals surface area contributed by atoms with Gasteiger partial charge in [0, 0.05) is 31.9 Å². The van der Waals surface area contributed by atoms with Gasteiger partial charge < -0.3 is 18.6 Å². The molecule has 0 spiro atoms. The minimum atomic E-state index is -2.49. The summed E-state index contributed by atoms with van der Waals surface area (Å²) in [7, 11) is -2.49. The van der Waals surface area contributed by atoms with Crippen LogP contribution in [-0.2, 0) is 13.3 Å². The molecule has 4 nitrogen and oxygen atoms in total. The van der Waals surface area contributed by atoms with Crippen LogP contribution in [0.3, 0.4) is 0 Å². The number of unbranched alkanes of at least 4 members (excludes halogenated alkanes) is 3. The molecule has 0 aromatic heterocycles. The van der Waals surface area contributed by atoms with Gasteiger partial charge in [0.1, 0.15) is 0 Å². The van der Waals surface area contributed by atoms with E-state index in [-0.39, 0.29) is 0 Å². The van der Waals surface area contributed by atoms with Crippen LogP contribution in [0.2, 0.25) is 6.04 Å². The normalized spacial score (nSPS) is 14.6. The molecule has 0 saturated heterocycles. The Labute approximate surface area is 158 Å². The van der Waals surface area contributed by atoms with E-state index >= 15 is 0 Å². The number of hydrogen-bond acceptors (Lipinski definition) is 4. The molecule has 2 atom stereocenters. The van der Waals surface area contributed by atoms with E-state index in [4.69, 9.17) is 13.3 Å². The molecular weight excluding hydrogens is 330 g/mol. The van der Waals surface area contributed by atoms with Crippen LogP contribution in [0.1, 0.15) is 86.5 Å². The van der Waals surface area contributed by atoms with Crippen molar-refractivity contribution in [3.05, 3.63) is 0 Å². The second-order valence-electron chi connectivity index (χ2n) is 6.95. The van der Waals surface area contributed by atoms with Crippen LogP contribution in [-0.4, -0.2) is 41.2 Å². The zero-order valence-corrected chi connectivity index (χ0v) is 18.9. The van der Waals surface area contributed by atoms with Crippen LogP contribution in [0, 0.1) is 5.92 Å². The lowest BCUT2D eigenvalue weighted by molar-refractivity contribution is 0.0692. The van der Waals surface area contributed by atoms with Gasteiger partial charge in [0.2, 0.25) is 0 Å². The van der Waals surface area contributed by atoms with Gasteiger partial charge >= 0.3 is 8.80 Å². The van der Waals surface area contributed by atoms with E-state index in [1.807, 2.05) is 20.8 Å². The van der Waals surface area contributed by atoms with Crippen LogP contribution in [0.5, 0.6) is 0 Å². The van der Waals surface area contributed by atoms with E-state index in [0.717, 1.165) is 19.0 Å². The van der Waals surface area contributed by atoms with Crippen LogP contribution >= 0.6 is 0 Å². The summed E-state index contributed by atoms with van der Waals surface area (Å²) < 4.78 is 18.0. The molecule has 0 radical (unpaired) electrons. The maximum absolute atomic E-state index is 5.99. The van der Waals surface area contributed by atoms with Crippen molar-refractivity contribution in [1.29, 1.82) is 0 Å². The fraction of sp³-hybridized carbons (Fsp3) is 1.00. The van der Waals surface area contributed by atoms with Crippen LogP contribution < -0.4 is 5.32 Å². The van der Waals surface area contributed by atoms with Gasteiger partial charge in [-0.1, -0.05) is 39.5 Å². The predicted octanol–water partition coefficient (Wildman–Crippen LogP) is 5.40. The Bertz CT molecular complexity index is 275. The Morgan fingerprint density at radius 1 is 0.840 bits per heavy atom. The third kappa shape index (κ3) is 12.1. The van der Waals surface area contributed by atoms with E-state index in [9.17, 15) is 0 Å². The van der Waals surface area contributed by atoms with Gasteiger partial charge in [-0.25, -0.2) is 0 Å². The highest BCUT2D eigenvalue weighted by Crippen LogP contribution is 2.25. The number of nitrogens with one attached hydrogen (secondary N) is 1. The Kier molecular flexibility index (Phi) is 16.3. The third-order valence-corrected chi connectivity index (χ3v) is 7.83. The van der Waals surface area contributed by atoms with Gasteiger partial charge in [-0.3, -0.25) is 0 Å². The van der Waals surface area contributed by atoms with Gasteiger partial charge in [-0.15, -0.1) is 0 Å². The van der Waals surface area contributed by atoms with E-state index in [0.29, 0.717) is 31.8 Å². The minimum absolute atomic E-state index is 0.578. The van der Waals surface area contributed by atoms with Crippen LogP contribution in [0.4, 0.5) is 0 Å². The van der Waals surface area contributed by atoms with E-state index in [1.54, 1.807) is 0 Å². The summed E-state index contributed by atoms with van der Waals surface area (Å²) >= 11 is 0. The summed E-state index contributed by atoms with van der Waals surface area (Å²) in [6, 6.07) is 1.51. The largest absolute Gasteiger partial charge is 0.500 e. The fourth-order valence-electron chi connectivity index (χ4n) is 3.35. The zero-order valence-electron chi connectivity index (χ0n) is 17.9. The summed E-state index contributed by atoms with van der Waals surface area (Å²) in [5.41, 5.74) is 0. The minimum Gasteiger partial charge on any atom is -0.374 e. The quantitative estimate of drug-likeness (QED) is 0.257. The SMILES string of the molecule is CCCCCCNC(C)CC(CC)CC[Si](OCC)(OCC)OCC. The summed E-state index contributed by atoms with van der Waals surface area (Å²) in [5.74, 6) is 0.700. The fourth-order valence-corrected chi connectivity index (χ4v) is 6.12.